The summed E-state index contributed by atoms with van der Waals surface area (Å²) < 4.78 is 7.46. The molecule has 2 aromatic heterocycles. The van der Waals surface area contributed by atoms with Gasteiger partial charge in [-0.2, -0.15) is 5.10 Å². The van der Waals surface area contributed by atoms with Crippen molar-refractivity contribution in [1.82, 2.24) is 19.7 Å². The maximum absolute atomic E-state index is 10.2. The second kappa shape index (κ2) is 7.82. The van der Waals surface area contributed by atoms with Crippen LogP contribution in [0.1, 0.15) is 17.7 Å². The molecule has 22 heavy (non-hydrogen) atoms. The van der Waals surface area contributed by atoms with Crippen LogP contribution < -0.4 is 0 Å². The lowest BCUT2D eigenvalue weighted by molar-refractivity contribution is 0.00740. The highest BCUT2D eigenvalue weighted by molar-refractivity contribution is 7.09. The molecule has 1 fully saturated rings. The van der Waals surface area contributed by atoms with Gasteiger partial charge in [0.2, 0.25) is 0 Å². The first kappa shape index (κ1) is 15.6. The Kier molecular flexibility index (Phi) is 5.55. The molecule has 6 nitrogen and oxygen atoms in total. The summed E-state index contributed by atoms with van der Waals surface area (Å²) in [5.74, 6) is 0. The summed E-state index contributed by atoms with van der Waals surface area (Å²) in [6.07, 6.45) is 5.17. The third-order valence-corrected chi connectivity index (χ3v) is 4.79. The second-order valence-corrected chi connectivity index (χ2v) is 6.69. The van der Waals surface area contributed by atoms with E-state index in [1.807, 2.05) is 22.2 Å². The van der Waals surface area contributed by atoms with E-state index in [-0.39, 0.29) is 0 Å². The summed E-state index contributed by atoms with van der Waals surface area (Å²) in [4.78, 5) is 7.51. The summed E-state index contributed by atoms with van der Waals surface area (Å²) in [5, 5.41) is 16.4. The summed E-state index contributed by atoms with van der Waals surface area (Å²) >= 11 is 1.68. The van der Waals surface area contributed by atoms with E-state index in [0.717, 1.165) is 19.5 Å². The van der Waals surface area contributed by atoms with Gasteiger partial charge in [-0.15, -0.1) is 11.3 Å². The van der Waals surface area contributed by atoms with Crippen molar-refractivity contribution in [2.45, 2.75) is 38.1 Å². The van der Waals surface area contributed by atoms with Crippen molar-refractivity contribution >= 4 is 11.3 Å². The molecular formula is C15H22N4O2S. The van der Waals surface area contributed by atoms with Gasteiger partial charge in [0, 0.05) is 17.5 Å². The predicted octanol–water partition coefficient (Wildman–Crippen LogP) is 1.38. The van der Waals surface area contributed by atoms with E-state index in [2.05, 4.69) is 15.0 Å². The topological polar surface area (TPSA) is 63.4 Å². The highest BCUT2D eigenvalue weighted by Crippen LogP contribution is 2.19. The molecule has 1 N–H and O–H groups in total. The molecule has 0 aromatic carbocycles. The molecule has 0 spiro atoms. The van der Waals surface area contributed by atoms with Crippen LogP contribution >= 0.6 is 11.3 Å². The van der Waals surface area contributed by atoms with Crippen LogP contribution in [0.2, 0.25) is 0 Å². The molecule has 1 saturated heterocycles. The number of β-amino-alcohol motifs (C(OH)–C–C–N with tert-alkyl or cyclic N) is 1. The Balaban J connectivity index is 1.40. The van der Waals surface area contributed by atoms with Crippen molar-refractivity contribution in [3.05, 3.63) is 35.0 Å². The Morgan fingerprint density at radius 1 is 1.50 bits per heavy atom. The Morgan fingerprint density at radius 3 is 3.23 bits per heavy atom. The quantitative estimate of drug-likeness (QED) is 0.795. The minimum atomic E-state index is -0.448. The van der Waals surface area contributed by atoms with E-state index in [0.29, 0.717) is 25.8 Å². The van der Waals surface area contributed by atoms with Gasteiger partial charge < -0.3 is 9.84 Å². The molecule has 0 aliphatic carbocycles. The number of rotatable bonds is 8. The Morgan fingerprint density at radius 2 is 2.45 bits per heavy atom. The molecule has 3 rings (SSSR count). The highest BCUT2D eigenvalue weighted by atomic mass is 32.1. The largest absolute Gasteiger partial charge is 0.389 e. The van der Waals surface area contributed by atoms with E-state index >= 15 is 0 Å². The second-order valence-electron chi connectivity index (χ2n) is 5.66. The number of thiophene rings is 1. The Labute approximate surface area is 134 Å². The molecule has 0 amide bonds. The molecule has 2 aromatic rings. The predicted molar refractivity (Wildman–Crippen MR) is 84.6 cm³/mol. The van der Waals surface area contributed by atoms with Crippen molar-refractivity contribution in [2.75, 3.05) is 19.7 Å². The van der Waals surface area contributed by atoms with E-state index in [1.54, 1.807) is 24.0 Å². The summed E-state index contributed by atoms with van der Waals surface area (Å²) in [6.45, 7) is 3.48. The minimum Gasteiger partial charge on any atom is -0.389 e. The van der Waals surface area contributed by atoms with E-state index < -0.39 is 6.10 Å². The number of likely N-dealkylation sites (tertiary alicyclic amines) is 1. The number of hydrogen-bond acceptors (Lipinski definition) is 6. The van der Waals surface area contributed by atoms with Gasteiger partial charge in [-0.25, -0.2) is 4.98 Å². The first-order valence-electron chi connectivity index (χ1n) is 7.66. The van der Waals surface area contributed by atoms with Crippen LogP contribution in [-0.4, -0.2) is 56.6 Å². The highest BCUT2D eigenvalue weighted by Gasteiger charge is 2.26. The summed E-state index contributed by atoms with van der Waals surface area (Å²) in [6, 6.07) is 4.48. The number of nitrogens with zero attached hydrogens (tertiary/aromatic N) is 4. The molecule has 0 unspecified atom stereocenters. The number of hydrogen-bond donors (Lipinski definition) is 1. The average molecular weight is 322 g/mol. The van der Waals surface area contributed by atoms with Gasteiger partial charge >= 0.3 is 0 Å². The zero-order valence-electron chi connectivity index (χ0n) is 12.5. The van der Waals surface area contributed by atoms with Gasteiger partial charge in [0.1, 0.15) is 12.7 Å². The lowest BCUT2D eigenvalue weighted by atomic mass is 10.2. The lowest BCUT2D eigenvalue weighted by Gasteiger charge is -2.26. The number of aliphatic hydroxyl groups is 1. The van der Waals surface area contributed by atoms with Crippen molar-refractivity contribution in [1.29, 1.82) is 0 Å². The van der Waals surface area contributed by atoms with Gasteiger partial charge in [0.15, 0.2) is 0 Å². The molecule has 7 heteroatoms. The standard InChI is InChI=1S/C15H22N4O2S/c20-14(9-21-10-15-4-2-6-22-15)8-18-5-1-3-13(18)7-19-12-16-11-17-19/h2,4,6,11-14,20H,1,3,5,7-10H2/t13-,14-/m0/s1. The van der Waals surface area contributed by atoms with Crippen LogP contribution in [0.3, 0.4) is 0 Å². The van der Waals surface area contributed by atoms with E-state index in [4.69, 9.17) is 4.74 Å². The normalized spacial score (nSPS) is 20.5. The monoisotopic (exact) mass is 322 g/mol. The van der Waals surface area contributed by atoms with Crippen molar-refractivity contribution < 1.29 is 9.84 Å². The van der Waals surface area contributed by atoms with Crippen LogP contribution in [0, 0.1) is 0 Å². The zero-order valence-corrected chi connectivity index (χ0v) is 13.4. The van der Waals surface area contributed by atoms with Crippen LogP contribution in [0.5, 0.6) is 0 Å². The maximum Gasteiger partial charge on any atom is 0.137 e. The summed E-state index contributed by atoms with van der Waals surface area (Å²) in [5.41, 5.74) is 0. The zero-order chi connectivity index (χ0) is 15.2. The number of ether oxygens (including phenoxy) is 1. The third-order valence-electron chi connectivity index (χ3n) is 3.94. The first-order chi connectivity index (χ1) is 10.8. The van der Waals surface area contributed by atoms with Crippen molar-refractivity contribution in [2.24, 2.45) is 0 Å². The number of aromatic nitrogens is 3. The smallest absolute Gasteiger partial charge is 0.137 e. The van der Waals surface area contributed by atoms with Crippen LogP contribution in [0.4, 0.5) is 0 Å². The fourth-order valence-corrected chi connectivity index (χ4v) is 3.54. The van der Waals surface area contributed by atoms with Gasteiger partial charge in [-0.1, -0.05) is 6.07 Å². The van der Waals surface area contributed by atoms with E-state index in [9.17, 15) is 5.11 Å². The van der Waals surface area contributed by atoms with Crippen LogP contribution in [0.15, 0.2) is 30.2 Å². The van der Waals surface area contributed by atoms with E-state index in [1.165, 1.54) is 11.3 Å². The first-order valence-corrected chi connectivity index (χ1v) is 8.54. The molecule has 1 aliphatic rings. The summed E-state index contributed by atoms with van der Waals surface area (Å²) in [7, 11) is 0. The fourth-order valence-electron chi connectivity index (χ4n) is 2.90. The molecule has 3 heterocycles. The molecule has 0 saturated carbocycles. The van der Waals surface area contributed by atoms with Gasteiger partial charge in [0.25, 0.3) is 0 Å². The molecular weight excluding hydrogens is 300 g/mol. The molecule has 120 valence electrons. The van der Waals surface area contributed by atoms with Gasteiger partial charge in [-0.05, 0) is 30.8 Å². The van der Waals surface area contributed by atoms with Crippen LogP contribution in [0.25, 0.3) is 0 Å². The SMILES string of the molecule is O[C@H](COCc1cccs1)CN1CCC[C@H]1Cn1cncn1. The van der Waals surface area contributed by atoms with Crippen LogP contribution in [-0.2, 0) is 17.9 Å². The van der Waals surface area contributed by atoms with Gasteiger partial charge in [-0.3, -0.25) is 9.58 Å². The van der Waals surface area contributed by atoms with Crippen molar-refractivity contribution in [3.8, 4) is 0 Å². The fraction of sp³-hybridized carbons (Fsp3) is 0.600. The molecule has 0 bridgehead atoms. The van der Waals surface area contributed by atoms with Gasteiger partial charge in [0.05, 0.1) is 25.9 Å². The maximum atomic E-state index is 10.2. The molecule has 0 radical (unpaired) electrons. The lowest BCUT2D eigenvalue weighted by Crippen LogP contribution is -2.40. The van der Waals surface area contributed by atoms with Crippen molar-refractivity contribution in [3.63, 3.8) is 0 Å². The molecule has 2 atom stereocenters. The Bertz CT molecular complexity index is 532. The Hall–Kier alpha value is -1.28. The number of aliphatic hydroxyl groups excluding tert-OH is 1. The molecule has 1 aliphatic heterocycles. The average Bonchev–Trinajstić information content (AvgIpc) is 3.23. The third kappa shape index (κ3) is 4.36. The minimum absolute atomic E-state index is 0.379.